The minimum atomic E-state index is -0.616. The van der Waals surface area contributed by atoms with Gasteiger partial charge in [-0.05, 0) is 44.9 Å². The normalized spacial score (nSPS) is 11.1. The maximum atomic E-state index is 12.5. The molecule has 0 aliphatic carbocycles. The van der Waals surface area contributed by atoms with Gasteiger partial charge in [0.25, 0.3) is 0 Å². The van der Waals surface area contributed by atoms with Crippen molar-refractivity contribution in [3.63, 3.8) is 0 Å². The summed E-state index contributed by atoms with van der Waals surface area (Å²) in [6.07, 6.45) is 1.16. The zero-order chi connectivity index (χ0) is 21.3. The van der Waals surface area contributed by atoms with Crippen LogP contribution in [0.1, 0.15) is 32.0 Å². The summed E-state index contributed by atoms with van der Waals surface area (Å²) in [5, 5.41) is 0.366. The molecule has 0 aliphatic heterocycles. The number of aryl methyl sites for hydroxylation is 1. The lowest BCUT2D eigenvalue weighted by Gasteiger charge is -2.25. The minimum Gasteiger partial charge on any atom is -0.443 e. The van der Waals surface area contributed by atoms with Gasteiger partial charge in [0.15, 0.2) is 0 Å². The highest BCUT2D eigenvalue weighted by atomic mass is 35.5. The zero-order valence-corrected chi connectivity index (χ0v) is 17.7. The van der Waals surface area contributed by atoms with Gasteiger partial charge in [-0.3, -0.25) is 4.90 Å². The van der Waals surface area contributed by atoms with E-state index >= 15 is 0 Å². The molecule has 1 aromatic carbocycles. The number of fused-ring (bicyclic) bond motifs is 1. The predicted octanol–water partition coefficient (Wildman–Crippen LogP) is 3.98. The first-order valence-corrected chi connectivity index (χ1v) is 9.29. The molecule has 0 saturated heterocycles. The van der Waals surface area contributed by atoms with Crippen molar-refractivity contribution < 1.29 is 9.53 Å². The van der Waals surface area contributed by atoms with E-state index in [9.17, 15) is 4.79 Å². The van der Waals surface area contributed by atoms with Crippen LogP contribution in [0.3, 0.4) is 0 Å². The molecule has 0 spiro atoms. The molecule has 0 atom stereocenters. The Morgan fingerprint density at radius 2 is 2.03 bits per heavy atom. The van der Waals surface area contributed by atoms with Gasteiger partial charge in [0.05, 0.1) is 28.8 Å². The van der Waals surface area contributed by atoms with Crippen LogP contribution in [-0.2, 0) is 11.8 Å². The molecule has 0 saturated carbocycles. The maximum absolute atomic E-state index is 12.5. The Kier molecular flexibility index (Phi) is 5.40. The molecule has 2 aromatic heterocycles. The van der Waals surface area contributed by atoms with Crippen molar-refractivity contribution in [3.8, 4) is 11.8 Å². The summed E-state index contributed by atoms with van der Waals surface area (Å²) in [4.78, 5) is 22.5. The summed E-state index contributed by atoms with van der Waals surface area (Å²) < 4.78 is 7.27. The molecule has 8 heteroatoms. The summed E-state index contributed by atoms with van der Waals surface area (Å²) in [5.74, 6) is 6.05. The Hall–Kier alpha value is -3.24. The highest BCUT2D eigenvalue weighted by molar-refractivity contribution is 6.29. The molecule has 0 fully saturated rings. The number of amides is 1. The lowest BCUT2D eigenvalue weighted by molar-refractivity contribution is 0.0589. The van der Waals surface area contributed by atoms with Crippen LogP contribution >= 0.6 is 11.6 Å². The number of halogens is 1. The average Bonchev–Trinajstić information content (AvgIpc) is 3.00. The van der Waals surface area contributed by atoms with Crippen molar-refractivity contribution in [2.75, 3.05) is 17.7 Å². The third-order valence-corrected chi connectivity index (χ3v) is 4.27. The number of anilines is 2. The van der Waals surface area contributed by atoms with Gasteiger partial charge in [0.2, 0.25) is 0 Å². The van der Waals surface area contributed by atoms with E-state index in [2.05, 4.69) is 21.8 Å². The molecule has 3 rings (SSSR count). The van der Waals surface area contributed by atoms with Gasteiger partial charge in [0, 0.05) is 14.1 Å². The van der Waals surface area contributed by atoms with E-state index in [0.29, 0.717) is 38.8 Å². The molecule has 150 valence electrons. The van der Waals surface area contributed by atoms with Crippen molar-refractivity contribution in [2.45, 2.75) is 26.4 Å². The number of nitrogen functional groups attached to an aromatic ring is 1. The molecule has 1 amide bonds. The van der Waals surface area contributed by atoms with E-state index in [1.807, 2.05) is 32.4 Å². The number of pyridine rings is 1. The molecule has 3 aromatic rings. The highest BCUT2D eigenvalue weighted by Crippen LogP contribution is 2.32. The molecule has 2 N–H and O–H groups in total. The number of aromatic nitrogens is 3. The summed E-state index contributed by atoms with van der Waals surface area (Å²) >= 11 is 5.92. The number of rotatable bonds is 1. The Morgan fingerprint density at radius 3 is 2.69 bits per heavy atom. The van der Waals surface area contributed by atoms with Crippen molar-refractivity contribution in [1.82, 2.24) is 14.5 Å². The van der Waals surface area contributed by atoms with Gasteiger partial charge in [-0.25, -0.2) is 14.8 Å². The minimum absolute atomic E-state index is 0.366. The quantitative estimate of drug-likeness (QED) is 0.372. The number of hydrogen-bond acceptors (Lipinski definition) is 5. The van der Waals surface area contributed by atoms with E-state index in [4.69, 9.17) is 22.1 Å². The summed E-state index contributed by atoms with van der Waals surface area (Å²) in [5.41, 5.74) is 9.09. The van der Waals surface area contributed by atoms with Crippen LogP contribution in [0.15, 0.2) is 30.6 Å². The van der Waals surface area contributed by atoms with Gasteiger partial charge in [-0.15, -0.1) is 0 Å². The second-order valence-electron chi connectivity index (χ2n) is 7.55. The number of imidazole rings is 1. The number of nitrogens with two attached hydrogens (primary N) is 1. The first-order chi connectivity index (χ1) is 13.6. The van der Waals surface area contributed by atoms with Crippen LogP contribution in [0.5, 0.6) is 0 Å². The summed E-state index contributed by atoms with van der Waals surface area (Å²) in [6.45, 7) is 5.43. The van der Waals surface area contributed by atoms with Gasteiger partial charge in [0.1, 0.15) is 22.0 Å². The molecule has 0 aliphatic rings. The van der Waals surface area contributed by atoms with Gasteiger partial charge in [-0.1, -0.05) is 23.6 Å². The smallest absolute Gasteiger partial charge is 0.414 e. The largest absolute Gasteiger partial charge is 0.443 e. The molecule has 2 heterocycles. The topological polar surface area (TPSA) is 86.3 Å². The number of carbonyl (C=O) groups is 1. The second-order valence-corrected chi connectivity index (χ2v) is 7.93. The molecule has 29 heavy (non-hydrogen) atoms. The average molecular weight is 412 g/mol. The van der Waals surface area contributed by atoms with Crippen molar-refractivity contribution in [1.29, 1.82) is 0 Å². The third-order valence-electron chi connectivity index (χ3n) is 4.06. The van der Waals surface area contributed by atoms with Crippen molar-refractivity contribution >= 4 is 40.1 Å². The summed E-state index contributed by atoms with van der Waals surface area (Å²) in [6, 6.07) is 6.90. The molecular formula is C21H22ClN5O2. The Balaban J connectivity index is 2.10. The van der Waals surface area contributed by atoms with E-state index < -0.39 is 11.7 Å². The third kappa shape index (κ3) is 4.44. The molecule has 0 unspecified atom stereocenters. The molecule has 7 nitrogen and oxygen atoms in total. The van der Waals surface area contributed by atoms with Crippen molar-refractivity contribution in [3.05, 3.63) is 47.0 Å². The number of ether oxygens (including phenoxy) is 1. The van der Waals surface area contributed by atoms with Crippen LogP contribution in [0.25, 0.3) is 11.0 Å². The fraction of sp³-hybridized carbons (Fsp3) is 0.286. The maximum Gasteiger partial charge on any atom is 0.414 e. The SMILES string of the molecule is CN(C(=O)OC(C)(C)C)c1cc(N)c(C#Cc2cccc(Cl)n2)c2c1ncn2C. The van der Waals surface area contributed by atoms with Crippen LogP contribution in [0.4, 0.5) is 16.2 Å². The van der Waals surface area contributed by atoms with Crippen LogP contribution in [-0.4, -0.2) is 33.3 Å². The van der Waals surface area contributed by atoms with E-state index in [1.54, 1.807) is 37.6 Å². The van der Waals surface area contributed by atoms with Gasteiger partial charge in [-0.2, -0.15) is 0 Å². The number of nitrogens with zero attached hydrogens (tertiary/aromatic N) is 4. The fourth-order valence-corrected chi connectivity index (χ4v) is 2.92. The zero-order valence-electron chi connectivity index (χ0n) is 16.9. The van der Waals surface area contributed by atoms with E-state index in [1.165, 1.54) is 4.90 Å². The predicted molar refractivity (Wildman–Crippen MR) is 115 cm³/mol. The standard InChI is InChI=1S/C21H22ClN5O2/c1-21(2,3)29-20(28)27(5)16-11-15(23)14(19-18(16)24-12-26(19)4)10-9-13-7-6-8-17(22)25-13/h6-8,11-12H,23H2,1-5H3. The van der Waals surface area contributed by atoms with Crippen molar-refractivity contribution in [2.24, 2.45) is 7.05 Å². The second kappa shape index (κ2) is 7.64. The Labute approximate surface area is 174 Å². The molecule has 0 bridgehead atoms. The highest BCUT2D eigenvalue weighted by Gasteiger charge is 2.24. The number of hydrogen-bond donors (Lipinski definition) is 1. The lowest BCUT2D eigenvalue weighted by atomic mass is 10.1. The summed E-state index contributed by atoms with van der Waals surface area (Å²) in [7, 11) is 3.47. The van der Waals surface area contributed by atoms with Crippen LogP contribution < -0.4 is 10.6 Å². The first-order valence-electron chi connectivity index (χ1n) is 8.91. The number of carbonyl (C=O) groups excluding carboxylic acids is 1. The Morgan fingerprint density at radius 1 is 1.31 bits per heavy atom. The van der Waals surface area contributed by atoms with E-state index in [0.717, 1.165) is 0 Å². The lowest BCUT2D eigenvalue weighted by Crippen LogP contribution is -2.34. The van der Waals surface area contributed by atoms with Gasteiger partial charge < -0.3 is 15.0 Å². The van der Waals surface area contributed by atoms with E-state index in [-0.39, 0.29) is 0 Å². The molecule has 0 radical (unpaired) electrons. The monoisotopic (exact) mass is 411 g/mol. The molecular weight excluding hydrogens is 390 g/mol. The van der Waals surface area contributed by atoms with Crippen LogP contribution in [0, 0.1) is 11.8 Å². The Bertz CT molecular complexity index is 1150. The van der Waals surface area contributed by atoms with Crippen LogP contribution in [0.2, 0.25) is 5.15 Å². The first kappa shape index (κ1) is 20.5. The fourth-order valence-electron chi connectivity index (χ4n) is 2.76. The number of benzene rings is 1. The van der Waals surface area contributed by atoms with Gasteiger partial charge >= 0.3 is 6.09 Å².